The molecule has 3 saturated carbocycles. The molecule has 4 aliphatic carbocycles. The molecule has 0 heterocycles. The highest BCUT2D eigenvalue weighted by Gasteiger charge is 2.59. The highest BCUT2D eigenvalue weighted by atomic mass is 16.3. The van der Waals surface area contributed by atoms with E-state index in [1.807, 2.05) is 0 Å². The minimum Gasteiger partial charge on any atom is -0.393 e. The number of hydrogen-bond acceptors (Lipinski definition) is 1. The maximum Gasteiger partial charge on any atom is 0.0603 e. The van der Waals surface area contributed by atoms with Crippen LogP contribution in [0.25, 0.3) is 0 Å². The van der Waals surface area contributed by atoms with E-state index in [2.05, 4.69) is 54.5 Å². The lowest BCUT2D eigenvalue weighted by Crippen LogP contribution is -2.52. The van der Waals surface area contributed by atoms with Crippen LogP contribution in [0.5, 0.6) is 0 Å². The lowest BCUT2D eigenvalue weighted by atomic mass is 9.46. The Labute approximate surface area is 187 Å². The van der Waals surface area contributed by atoms with E-state index in [9.17, 15) is 5.11 Å². The third-order valence-electron chi connectivity index (χ3n) is 11.5. The van der Waals surface area contributed by atoms with E-state index >= 15 is 0 Å². The van der Waals surface area contributed by atoms with Gasteiger partial charge in [0.05, 0.1) is 6.10 Å². The molecule has 1 heteroatoms. The second-order valence-electron chi connectivity index (χ2n) is 13.1. The van der Waals surface area contributed by atoms with Gasteiger partial charge in [-0.05, 0) is 97.2 Å². The van der Waals surface area contributed by atoms with Crippen molar-refractivity contribution >= 4 is 0 Å². The summed E-state index contributed by atoms with van der Waals surface area (Å²) in [5.41, 5.74) is 2.55. The first-order valence-corrected chi connectivity index (χ1v) is 13.5. The first-order valence-electron chi connectivity index (χ1n) is 13.5. The van der Waals surface area contributed by atoms with Gasteiger partial charge in [-0.2, -0.15) is 0 Å². The van der Waals surface area contributed by atoms with Crippen LogP contribution in [-0.4, -0.2) is 11.2 Å². The molecule has 0 aromatic rings. The molecule has 0 saturated heterocycles. The van der Waals surface area contributed by atoms with E-state index < -0.39 is 0 Å². The zero-order chi connectivity index (χ0) is 21.8. The Morgan fingerprint density at radius 1 is 0.967 bits per heavy atom. The molecule has 0 unspecified atom stereocenters. The molecular formula is C29H50O. The quantitative estimate of drug-likeness (QED) is 0.454. The molecule has 0 aliphatic heterocycles. The molecule has 1 N–H and O–H groups in total. The number of aliphatic hydroxyl groups is 1. The van der Waals surface area contributed by atoms with Gasteiger partial charge in [0.15, 0.2) is 0 Å². The molecule has 3 fully saturated rings. The van der Waals surface area contributed by atoms with Gasteiger partial charge in [0.1, 0.15) is 0 Å². The van der Waals surface area contributed by atoms with Crippen molar-refractivity contribution < 1.29 is 5.11 Å². The summed E-state index contributed by atoms with van der Waals surface area (Å²) in [5.74, 6) is 6.56. The number of allylic oxidation sites excluding steroid dienone is 1. The van der Waals surface area contributed by atoms with Gasteiger partial charge in [-0.25, -0.2) is 0 Å². The molecule has 172 valence electrons. The van der Waals surface area contributed by atoms with Crippen molar-refractivity contribution in [3.63, 3.8) is 0 Å². The Morgan fingerprint density at radius 2 is 1.70 bits per heavy atom. The summed E-state index contributed by atoms with van der Waals surface area (Å²) in [6.45, 7) is 17.4. The Morgan fingerprint density at radius 3 is 2.40 bits per heavy atom. The van der Waals surface area contributed by atoms with Crippen molar-refractivity contribution in [2.75, 3.05) is 0 Å². The average molecular weight is 415 g/mol. The predicted octanol–water partition coefficient (Wildman–Crippen LogP) is 7.88. The van der Waals surface area contributed by atoms with Crippen LogP contribution >= 0.6 is 0 Å². The largest absolute Gasteiger partial charge is 0.393 e. The highest BCUT2D eigenvalue weighted by Crippen LogP contribution is 2.67. The van der Waals surface area contributed by atoms with E-state index in [1.165, 1.54) is 51.4 Å². The maximum absolute atomic E-state index is 10.5. The van der Waals surface area contributed by atoms with Gasteiger partial charge in [-0.1, -0.05) is 73.0 Å². The zero-order valence-corrected chi connectivity index (χ0v) is 21.1. The first kappa shape index (κ1) is 22.9. The number of fused-ring (bicyclic) bond motifs is 5. The van der Waals surface area contributed by atoms with Crippen LogP contribution < -0.4 is 0 Å². The first-order chi connectivity index (χ1) is 14.1. The van der Waals surface area contributed by atoms with Gasteiger partial charge in [0, 0.05) is 5.92 Å². The van der Waals surface area contributed by atoms with E-state index in [0.717, 1.165) is 47.8 Å². The van der Waals surface area contributed by atoms with E-state index in [0.29, 0.717) is 16.7 Å². The number of aliphatic hydroxyl groups excluding tert-OH is 1. The topological polar surface area (TPSA) is 20.2 Å². The summed E-state index contributed by atoms with van der Waals surface area (Å²) in [6, 6.07) is 0. The van der Waals surface area contributed by atoms with Crippen molar-refractivity contribution in [3.05, 3.63) is 11.6 Å². The Kier molecular flexibility index (Phi) is 6.28. The SMILES string of the molecule is CC(C)[C@H](C)CC[C@@H](C)[C@H]1CC[C@H]2[C@@H]3CC=C4[C@H](C)[C@@H](O)CC[C@]4(C)[C@@H]3CC[C@]12C. The fourth-order valence-corrected chi connectivity index (χ4v) is 9.09. The fraction of sp³-hybridized carbons (Fsp3) is 0.931. The lowest BCUT2D eigenvalue weighted by Gasteiger charge is -2.59. The maximum atomic E-state index is 10.5. The van der Waals surface area contributed by atoms with E-state index in [-0.39, 0.29) is 6.10 Å². The summed E-state index contributed by atoms with van der Waals surface area (Å²) in [4.78, 5) is 0. The van der Waals surface area contributed by atoms with Crippen LogP contribution in [-0.2, 0) is 0 Å². The summed E-state index contributed by atoms with van der Waals surface area (Å²) < 4.78 is 0. The minimum atomic E-state index is -0.111. The monoisotopic (exact) mass is 414 g/mol. The normalized spacial score (nSPS) is 47.8. The van der Waals surface area contributed by atoms with Crippen LogP contribution in [0.3, 0.4) is 0 Å². The van der Waals surface area contributed by atoms with Crippen molar-refractivity contribution in [3.8, 4) is 0 Å². The molecule has 30 heavy (non-hydrogen) atoms. The zero-order valence-electron chi connectivity index (χ0n) is 21.1. The minimum absolute atomic E-state index is 0.111. The fourth-order valence-electron chi connectivity index (χ4n) is 9.09. The van der Waals surface area contributed by atoms with Crippen molar-refractivity contribution in [2.24, 2.45) is 58.2 Å². The molecule has 0 radical (unpaired) electrons. The second-order valence-corrected chi connectivity index (χ2v) is 13.1. The molecule has 10 atom stereocenters. The molecule has 4 aliphatic rings. The Hall–Kier alpha value is -0.300. The summed E-state index contributed by atoms with van der Waals surface area (Å²) >= 11 is 0. The lowest BCUT2D eigenvalue weighted by molar-refractivity contribution is -0.0646. The molecule has 4 rings (SSSR count). The van der Waals surface area contributed by atoms with Gasteiger partial charge >= 0.3 is 0 Å². The third kappa shape index (κ3) is 3.54. The van der Waals surface area contributed by atoms with Crippen LogP contribution in [0.15, 0.2) is 11.6 Å². The van der Waals surface area contributed by atoms with Gasteiger partial charge in [0.2, 0.25) is 0 Å². The molecule has 0 amide bonds. The smallest absolute Gasteiger partial charge is 0.0603 e. The molecule has 0 aromatic heterocycles. The molecule has 1 nitrogen and oxygen atoms in total. The van der Waals surface area contributed by atoms with E-state index in [1.54, 1.807) is 5.57 Å². The molecule has 0 spiro atoms. The second kappa shape index (κ2) is 8.24. The number of hydrogen-bond donors (Lipinski definition) is 1. The van der Waals surface area contributed by atoms with Crippen LogP contribution in [0.2, 0.25) is 0 Å². The standard InChI is InChI=1S/C29H50O/c1-18(2)19(3)8-9-20(4)23-12-13-25-22-10-11-24-21(5)27(30)15-17-29(24,7)26(22)14-16-28(23,25)6/h11,18-23,25-27,30H,8-10,12-17H2,1-7H3/t19-,20-,21+,22+,23-,25+,26-,27+,28-,29+/m1/s1. The van der Waals surface area contributed by atoms with Gasteiger partial charge in [0.25, 0.3) is 0 Å². The van der Waals surface area contributed by atoms with Gasteiger partial charge in [-0.3, -0.25) is 0 Å². The van der Waals surface area contributed by atoms with E-state index in [4.69, 9.17) is 0 Å². The third-order valence-corrected chi connectivity index (χ3v) is 11.5. The summed E-state index contributed by atoms with van der Waals surface area (Å²) in [6.07, 6.45) is 14.7. The van der Waals surface area contributed by atoms with Crippen LogP contribution in [0.1, 0.15) is 106 Å². The van der Waals surface area contributed by atoms with Crippen molar-refractivity contribution in [2.45, 2.75) is 112 Å². The molecule has 0 bridgehead atoms. The summed E-state index contributed by atoms with van der Waals surface area (Å²) in [7, 11) is 0. The molecular weight excluding hydrogens is 364 g/mol. The van der Waals surface area contributed by atoms with Crippen molar-refractivity contribution in [1.29, 1.82) is 0 Å². The van der Waals surface area contributed by atoms with Gasteiger partial charge < -0.3 is 5.11 Å². The highest BCUT2D eigenvalue weighted by molar-refractivity contribution is 5.27. The molecule has 0 aromatic carbocycles. The van der Waals surface area contributed by atoms with Crippen molar-refractivity contribution in [1.82, 2.24) is 0 Å². The van der Waals surface area contributed by atoms with Gasteiger partial charge in [-0.15, -0.1) is 0 Å². The summed E-state index contributed by atoms with van der Waals surface area (Å²) in [5, 5.41) is 10.5. The van der Waals surface area contributed by atoms with Crippen LogP contribution in [0, 0.1) is 58.2 Å². The number of rotatable bonds is 5. The Bertz CT molecular complexity index is 649. The average Bonchev–Trinajstić information content (AvgIpc) is 3.06. The Balaban J connectivity index is 1.51. The van der Waals surface area contributed by atoms with Crippen LogP contribution in [0.4, 0.5) is 0 Å². The predicted molar refractivity (Wildman–Crippen MR) is 128 cm³/mol.